The summed E-state index contributed by atoms with van der Waals surface area (Å²) in [6, 6.07) is 16.3. The van der Waals surface area contributed by atoms with Crippen molar-refractivity contribution in [3.8, 4) is 5.69 Å². The molecule has 0 bridgehead atoms. The predicted octanol–water partition coefficient (Wildman–Crippen LogP) is 3.37. The van der Waals surface area contributed by atoms with Crippen LogP contribution in [0.2, 0.25) is 0 Å². The van der Waals surface area contributed by atoms with E-state index in [-0.39, 0.29) is 11.9 Å². The van der Waals surface area contributed by atoms with E-state index in [1.807, 2.05) is 42.6 Å². The van der Waals surface area contributed by atoms with Crippen molar-refractivity contribution in [3.05, 3.63) is 83.4 Å². The number of hydrogen-bond acceptors (Lipinski definition) is 2. The average Bonchev–Trinajstić information content (AvgIpc) is 3.00. The Kier molecular flexibility index (Phi) is 3.54. The number of nitrogens with zero attached hydrogens (tertiary/aromatic N) is 2. The molecule has 4 heteroatoms. The van der Waals surface area contributed by atoms with Gasteiger partial charge in [0.2, 0.25) is 0 Å². The smallest absolute Gasteiger partial charge is 0.126 e. The molecule has 2 N–H and O–H groups in total. The monoisotopic (exact) mass is 281 g/mol. The van der Waals surface area contributed by atoms with Gasteiger partial charge in [0.15, 0.2) is 0 Å². The first-order valence-corrected chi connectivity index (χ1v) is 6.78. The third-order valence-electron chi connectivity index (χ3n) is 3.49. The van der Waals surface area contributed by atoms with E-state index in [0.717, 1.165) is 16.9 Å². The second kappa shape index (κ2) is 5.50. The van der Waals surface area contributed by atoms with Gasteiger partial charge in [0, 0.05) is 6.20 Å². The fourth-order valence-corrected chi connectivity index (χ4v) is 2.26. The summed E-state index contributed by atoms with van der Waals surface area (Å²) < 4.78 is 15.1. The third-order valence-corrected chi connectivity index (χ3v) is 3.49. The summed E-state index contributed by atoms with van der Waals surface area (Å²) in [5, 5.41) is 4.51. The van der Waals surface area contributed by atoms with Gasteiger partial charge in [-0.15, -0.1) is 0 Å². The molecule has 106 valence electrons. The van der Waals surface area contributed by atoms with E-state index in [2.05, 4.69) is 5.10 Å². The van der Waals surface area contributed by atoms with Gasteiger partial charge in [-0.3, -0.25) is 0 Å². The lowest BCUT2D eigenvalue weighted by Gasteiger charge is -2.10. The highest BCUT2D eigenvalue weighted by Crippen LogP contribution is 2.21. The Bertz CT molecular complexity index is 750. The molecule has 1 aromatic heterocycles. The Morgan fingerprint density at radius 2 is 1.86 bits per heavy atom. The van der Waals surface area contributed by atoms with E-state index in [1.54, 1.807) is 23.7 Å². The largest absolute Gasteiger partial charge is 0.319 e. The highest BCUT2D eigenvalue weighted by molar-refractivity contribution is 5.34. The van der Waals surface area contributed by atoms with Crippen LogP contribution in [0.1, 0.15) is 22.9 Å². The summed E-state index contributed by atoms with van der Waals surface area (Å²) in [6.45, 7) is 1.73. The van der Waals surface area contributed by atoms with Crippen LogP contribution in [0.25, 0.3) is 5.69 Å². The van der Waals surface area contributed by atoms with Crippen LogP contribution < -0.4 is 5.73 Å². The van der Waals surface area contributed by atoms with Crippen molar-refractivity contribution >= 4 is 0 Å². The first kappa shape index (κ1) is 13.5. The Balaban J connectivity index is 1.90. The fourth-order valence-electron chi connectivity index (χ4n) is 2.26. The van der Waals surface area contributed by atoms with Crippen LogP contribution in [-0.4, -0.2) is 9.78 Å². The molecule has 0 amide bonds. The number of nitrogens with two attached hydrogens (primary N) is 1. The zero-order valence-corrected chi connectivity index (χ0v) is 11.7. The molecule has 3 nitrogen and oxygen atoms in total. The van der Waals surface area contributed by atoms with Gasteiger partial charge in [0.25, 0.3) is 0 Å². The molecule has 1 unspecified atom stereocenters. The molecule has 0 aliphatic heterocycles. The van der Waals surface area contributed by atoms with E-state index >= 15 is 0 Å². The number of aryl methyl sites for hydroxylation is 1. The molecule has 0 aliphatic rings. The number of halogens is 1. The fraction of sp³-hybridized carbons (Fsp3) is 0.118. The van der Waals surface area contributed by atoms with E-state index in [0.29, 0.717) is 5.56 Å². The molecule has 1 atom stereocenters. The maximum Gasteiger partial charge on any atom is 0.126 e. The quantitative estimate of drug-likeness (QED) is 0.800. The van der Waals surface area contributed by atoms with Gasteiger partial charge in [-0.25, -0.2) is 9.07 Å². The van der Waals surface area contributed by atoms with Gasteiger partial charge in [-0.2, -0.15) is 5.10 Å². The topological polar surface area (TPSA) is 43.8 Å². The molecule has 2 aromatic carbocycles. The molecule has 0 radical (unpaired) electrons. The minimum absolute atomic E-state index is 0.222. The average molecular weight is 281 g/mol. The molecule has 1 heterocycles. The van der Waals surface area contributed by atoms with Crippen molar-refractivity contribution in [3.63, 3.8) is 0 Å². The van der Waals surface area contributed by atoms with Crippen molar-refractivity contribution in [1.82, 2.24) is 9.78 Å². The molecule has 21 heavy (non-hydrogen) atoms. The first-order chi connectivity index (χ1) is 10.1. The molecule has 3 rings (SSSR count). The van der Waals surface area contributed by atoms with E-state index in [9.17, 15) is 4.39 Å². The summed E-state index contributed by atoms with van der Waals surface area (Å²) in [5.74, 6) is -0.222. The van der Waals surface area contributed by atoms with Gasteiger partial charge in [-0.1, -0.05) is 30.3 Å². The molecular formula is C17H16FN3. The molecule has 0 spiro atoms. The Morgan fingerprint density at radius 3 is 2.57 bits per heavy atom. The van der Waals surface area contributed by atoms with Crippen molar-refractivity contribution in [1.29, 1.82) is 0 Å². The van der Waals surface area contributed by atoms with Gasteiger partial charge < -0.3 is 5.73 Å². The number of benzene rings is 2. The zero-order valence-electron chi connectivity index (χ0n) is 11.7. The molecule has 0 aliphatic carbocycles. The second-order valence-electron chi connectivity index (χ2n) is 5.01. The summed E-state index contributed by atoms with van der Waals surface area (Å²) in [5.41, 5.74) is 9.40. The van der Waals surface area contributed by atoms with E-state index in [4.69, 9.17) is 5.73 Å². The standard InChI is InChI=1S/C17H16FN3/c1-12-11-13(7-8-15(12)18)17(19)16-9-10-21(20-16)14-5-3-2-4-6-14/h2-11,17H,19H2,1H3. The van der Waals surface area contributed by atoms with E-state index < -0.39 is 0 Å². The van der Waals surface area contributed by atoms with Crippen LogP contribution in [0.15, 0.2) is 60.8 Å². The number of para-hydroxylation sites is 1. The summed E-state index contributed by atoms with van der Waals surface area (Å²) >= 11 is 0. The zero-order chi connectivity index (χ0) is 14.8. The van der Waals surface area contributed by atoms with Crippen LogP contribution in [0.4, 0.5) is 4.39 Å². The third kappa shape index (κ3) is 2.71. The van der Waals surface area contributed by atoms with Gasteiger partial charge in [0.1, 0.15) is 5.82 Å². The predicted molar refractivity (Wildman–Crippen MR) is 80.7 cm³/mol. The molecule has 3 aromatic rings. The minimum Gasteiger partial charge on any atom is -0.319 e. The maximum absolute atomic E-state index is 13.3. The van der Waals surface area contributed by atoms with Gasteiger partial charge in [0.05, 0.1) is 17.4 Å². The number of hydrogen-bond donors (Lipinski definition) is 1. The van der Waals surface area contributed by atoms with Crippen LogP contribution in [0.3, 0.4) is 0 Å². The van der Waals surface area contributed by atoms with E-state index in [1.165, 1.54) is 6.07 Å². The van der Waals surface area contributed by atoms with Gasteiger partial charge >= 0.3 is 0 Å². The van der Waals surface area contributed by atoms with Crippen LogP contribution in [0, 0.1) is 12.7 Å². The summed E-state index contributed by atoms with van der Waals surface area (Å²) in [4.78, 5) is 0. The molecule has 0 saturated carbocycles. The lowest BCUT2D eigenvalue weighted by Crippen LogP contribution is -2.13. The van der Waals surface area contributed by atoms with Crippen LogP contribution >= 0.6 is 0 Å². The highest BCUT2D eigenvalue weighted by atomic mass is 19.1. The Morgan fingerprint density at radius 1 is 1.10 bits per heavy atom. The Labute approximate surface area is 122 Å². The van der Waals surface area contributed by atoms with Crippen molar-refractivity contribution in [2.75, 3.05) is 0 Å². The molecule has 0 saturated heterocycles. The normalized spacial score (nSPS) is 12.3. The van der Waals surface area contributed by atoms with Crippen LogP contribution in [-0.2, 0) is 0 Å². The van der Waals surface area contributed by atoms with Crippen molar-refractivity contribution in [2.45, 2.75) is 13.0 Å². The lowest BCUT2D eigenvalue weighted by molar-refractivity contribution is 0.616. The summed E-state index contributed by atoms with van der Waals surface area (Å²) in [6.07, 6.45) is 1.88. The van der Waals surface area contributed by atoms with Crippen molar-refractivity contribution < 1.29 is 4.39 Å². The van der Waals surface area contributed by atoms with Crippen LogP contribution in [0.5, 0.6) is 0 Å². The SMILES string of the molecule is Cc1cc(C(N)c2ccn(-c3ccccc3)n2)ccc1F. The second-order valence-corrected chi connectivity index (χ2v) is 5.01. The Hall–Kier alpha value is -2.46. The molecule has 0 fully saturated rings. The van der Waals surface area contributed by atoms with Crippen molar-refractivity contribution in [2.24, 2.45) is 5.73 Å². The number of rotatable bonds is 3. The van der Waals surface area contributed by atoms with Gasteiger partial charge in [-0.05, 0) is 42.3 Å². The maximum atomic E-state index is 13.3. The molecular weight excluding hydrogens is 265 g/mol. The summed E-state index contributed by atoms with van der Waals surface area (Å²) in [7, 11) is 0. The highest BCUT2D eigenvalue weighted by Gasteiger charge is 2.13. The number of aromatic nitrogens is 2. The minimum atomic E-state index is -0.366. The lowest BCUT2D eigenvalue weighted by atomic mass is 10.0. The first-order valence-electron chi connectivity index (χ1n) is 6.78.